The summed E-state index contributed by atoms with van der Waals surface area (Å²) < 4.78 is 5.08. The maximum Gasteiger partial charge on any atom is 0.280 e. The molecule has 1 N–H and O–H groups in total. The molecule has 1 fully saturated rings. The molecule has 4 nitrogen and oxygen atoms in total. The number of carbonyl (C=O) groups is 2. The van der Waals surface area contributed by atoms with Crippen molar-refractivity contribution < 1.29 is 14.3 Å². The highest BCUT2D eigenvalue weighted by Gasteiger charge is 2.22. The van der Waals surface area contributed by atoms with Gasteiger partial charge >= 0.3 is 0 Å². The van der Waals surface area contributed by atoms with Crippen molar-refractivity contribution in [2.45, 2.75) is 0 Å². The third kappa shape index (κ3) is 2.30. The summed E-state index contributed by atoms with van der Waals surface area (Å²) >= 11 is 0. The lowest BCUT2D eigenvalue weighted by atomic mass is 10.2. The van der Waals surface area contributed by atoms with E-state index in [9.17, 15) is 9.59 Å². The number of amides is 2. The van der Waals surface area contributed by atoms with Crippen molar-refractivity contribution >= 4 is 27.0 Å². The summed E-state index contributed by atoms with van der Waals surface area (Å²) in [6, 6.07) is 7.40. The van der Waals surface area contributed by atoms with Gasteiger partial charge in [-0.15, -0.1) is 0 Å². The Morgan fingerprint density at radius 1 is 1.44 bits per heavy atom. The highest BCUT2D eigenvalue weighted by Crippen LogP contribution is 2.21. The number of benzene rings is 1. The average molecular weight is 237 g/mol. The van der Waals surface area contributed by atoms with E-state index in [1.54, 1.807) is 7.11 Å². The molecule has 1 aliphatic rings. The molecule has 0 aromatic heterocycles. The molecule has 0 radical (unpaired) electrons. The molecule has 2 rings (SSSR count). The molecule has 1 atom stereocenters. The molecule has 1 unspecified atom stereocenters. The number of rotatable bonds is 2. The minimum absolute atomic E-state index is 0.201. The summed E-state index contributed by atoms with van der Waals surface area (Å²) in [7, 11) is 0.947. The summed E-state index contributed by atoms with van der Waals surface area (Å²) in [5.74, 6) is 0.798. The van der Waals surface area contributed by atoms with Gasteiger partial charge in [0.15, 0.2) is 0 Å². The summed E-state index contributed by atoms with van der Waals surface area (Å²) in [4.78, 5) is 22.4. The van der Waals surface area contributed by atoms with Gasteiger partial charge in [0.1, 0.15) is 5.75 Å². The Bertz CT molecular complexity index is 482. The predicted octanol–water partition coefficient (Wildman–Crippen LogP) is 1.36. The van der Waals surface area contributed by atoms with E-state index in [1.807, 2.05) is 29.6 Å². The number of ether oxygens (including phenoxy) is 1. The van der Waals surface area contributed by atoms with E-state index in [4.69, 9.17) is 4.74 Å². The average Bonchev–Trinajstić information content (AvgIpc) is 2.58. The molecule has 5 heteroatoms. The predicted molar refractivity (Wildman–Crippen MR) is 64.2 cm³/mol. The lowest BCUT2D eigenvalue weighted by Gasteiger charge is -2.01. The van der Waals surface area contributed by atoms with Crippen LogP contribution in [0.3, 0.4) is 0 Å². The van der Waals surface area contributed by atoms with Crippen LogP contribution in [0.2, 0.25) is 0 Å². The van der Waals surface area contributed by atoms with Gasteiger partial charge in [-0.2, -0.15) is 0 Å². The first-order valence-electron chi connectivity index (χ1n) is 4.71. The summed E-state index contributed by atoms with van der Waals surface area (Å²) in [6.07, 6.45) is 0. The van der Waals surface area contributed by atoms with Crippen molar-refractivity contribution in [3.05, 3.63) is 29.8 Å². The van der Waals surface area contributed by atoms with Crippen molar-refractivity contribution in [3.8, 4) is 5.75 Å². The van der Waals surface area contributed by atoms with E-state index >= 15 is 0 Å². The molecular weight excluding hydrogens is 226 g/mol. The molecule has 1 saturated heterocycles. The zero-order valence-electron chi connectivity index (χ0n) is 8.73. The van der Waals surface area contributed by atoms with Crippen LogP contribution in [-0.4, -0.2) is 29.4 Å². The monoisotopic (exact) mass is 237 g/mol. The first-order valence-corrected chi connectivity index (χ1v) is 6.17. The van der Waals surface area contributed by atoms with E-state index < -0.39 is 10.5 Å². The highest BCUT2D eigenvalue weighted by molar-refractivity contribution is 8.28. The Hall–Kier alpha value is -1.62. The molecule has 0 aliphatic carbocycles. The van der Waals surface area contributed by atoms with E-state index in [1.165, 1.54) is 0 Å². The molecule has 0 saturated carbocycles. The van der Waals surface area contributed by atoms with Crippen molar-refractivity contribution in [2.24, 2.45) is 0 Å². The molecule has 1 heterocycles. The van der Waals surface area contributed by atoms with E-state index in [2.05, 4.69) is 5.32 Å². The third-order valence-corrected chi connectivity index (χ3v) is 3.85. The molecule has 84 valence electrons. The number of methoxy groups -OCH3 is 1. The molecule has 16 heavy (non-hydrogen) atoms. The standard InChI is InChI=1S/C11H11NO3S/c1-15-9-4-2-3-8(5-9)6-16-7-10(13)12-11(16)14/h2-6H,7H2,1H3,(H,12,13,14). The fourth-order valence-electron chi connectivity index (χ4n) is 1.40. The molecule has 0 spiro atoms. The van der Waals surface area contributed by atoms with Gasteiger partial charge in [0.25, 0.3) is 5.24 Å². The quantitative estimate of drug-likeness (QED) is 0.790. The van der Waals surface area contributed by atoms with Crippen molar-refractivity contribution in [3.63, 3.8) is 0 Å². The second kappa shape index (κ2) is 4.49. The van der Waals surface area contributed by atoms with Gasteiger partial charge in [0.2, 0.25) is 5.91 Å². The first-order chi connectivity index (χ1) is 7.69. The fraction of sp³-hybridized carbons (Fsp3) is 0.182. The maximum absolute atomic E-state index is 11.4. The van der Waals surface area contributed by atoms with Crippen LogP contribution in [0, 0.1) is 0 Å². The maximum atomic E-state index is 11.4. The van der Waals surface area contributed by atoms with Gasteiger partial charge in [0, 0.05) is 0 Å². The van der Waals surface area contributed by atoms with E-state index in [0.717, 1.165) is 11.3 Å². The van der Waals surface area contributed by atoms with Crippen molar-refractivity contribution in [2.75, 3.05) is 12.9 Å². The number of hydrogen-bond donors (Lipinski definition) is 1. The molecule has 1 aromatic carbocycles. The first kappa shape index (κ1) is 10.9. The van der Waals surface area contributed by atoms with Gasteiger partial charge in [-0.25, -0.2) is 0 Å². The summed E-state index contributed by atoms with van der Waals surface area (Å²) in [6.45, 7) is 0. The molecule has 2 amide bonds. The normalized spacial score (nSPS) is 19.9. The zero-order chi connectivity index (χ0) is 11.5. The van der Waals surface area contributed by atoms with Gasteiger partial charge in [-0.3, -0.25) is 14.9 Å². The fourth-order valence-corrected chi connectivity index (χ4v) is 2.79. The van der Waals surface area contributed by atoms with Crippen LogP contribution in [0.15, 0.2) is 24.3 Å². The van der Waals surface area contributed by atoms with Gasteiger partial charge < -0.3 is 4.74 Å². The summed E-state index contributed by atoms with van der Waals surface area (Å²) in [5, 5.41) is 3.89. The lowest BCUT2D eigenvalue weighted by Crippen LogP contribution is -2.18. The second-order valence-electron chi connectivity index (χ2n) is 3.30. The van der Waals surface area contributed by atoms with Crippen LogP contribution in [-0.2, 0) is 4.79 Å². The Morgan fingerprint density at radius 3 is 2.88 bits per heavy atom. The topological polar surface area (TPSA) is 55.4 Å². The van der Waals surface area contributed by atoms with Crippen LogP contribution in [0.25, 0.3) is 0 Å². The van der Waals surface area contributed by atoms with Crippen molar-refractivity contribution in [1.82, 2.24) is 5.32 Å². The molecular formula is C11H11NO3S. The third-order valence-electron chi connectivity index (χ3n) is 2.14. The number of carbonyl (C=O) groups excluding carboxylic acids is 2. The van der Waals surface area contributed by atoms with Crippen LogP contribution in [0.5, 0.6) is 5.75 Å². The second-order valence-corrected chi connectivity index (χ2v) is 5.06. The zero-order valence-corrected chi connectivity index (χ0v) is 9.54. The smallest absolute Gasteiger partial charge is 0.280 e. The van der Waals surface area contributed by atoms with Crippen LogP contribution >= 0.6 is 10.5 Å². The van der Waals surface area contributed by atoms with E-state index in [-0.39, 0.29) is 16.9 Å². The SMILES string of the molecule is COc1cccc(/C=S2\CC(=O)NC2=O)c1. The lowest BCUT2D eigenvalue weighted by molar-refractivity contribution is -0.117. The summed E-state index contributed by atoms with van der Waals surface area (Å²) in [5.41, 5.74) is 0.896. The van der Waals surface area contributed by atoms with Gasteiger partial charge in [-0.1, -0.05) is 22.6 Å². The number of nitrogens with one attached hydrogen (secondary N) is 1. The minimum atomic E-state index is -0.643. The Balaban J connectivity index is 2.28. The van der Waals surface area contributed by atoms with Crippen LogP contribution < -0.4 is 10.1 Å². The Labute approximate surface area is 95.5 Å². The highest BCUT2D eigenvalue weighted by atomic mass is 32.2. The van der Waals surface area contributed by atoms with Gasteiger partial charge in [-0.05, 0) is 23.1 Å². The van der Waals surface area contributed by atoms with Crippen LogP contribution in [0.1, 0.15) is 5.56 Å². The number of imide groups is 1. The molecule has 1 aromatic rings. The Morgan fingerprint density at radius 2 is 2.25 bits per heavy atom. The van der Waals surface area contributed by atoms with Crippen molar-refractivity contribution in [1.29, 1.82) is 0 Å². The minimum Gasteiger partial charge on any atom is -0.497 e. The van der Waals surface area contributed by atoms with Crippen LogP contribution in [0.4, 0.5) is 4.79 Å². The molecule has 0 bridgehead atoms. The Kier molecular flexibility index (Phi) is 3.05. The molecule has 1 aliphatic heterocycles. The van der Waals surface area contributed by atoms with E-state index in [0.29, 0.717) is 0 Å². The largest absolute Gasteiger partial charge is 0.497 e. The van der Waals surface area contributed by atoms with Gasteiger partial charge in [0.05, 0.1) is 12.9 Å². The number of hydrogen-bond acceptors (Lipinski definition) is 3.